The van der Waals surface area contributed by atoms with Crippen LogP contribution >= 0.6 is 0 Å². The molecule has 0 radical (unpaired) electrons. The van der Waals surface area contributed by atoms with Crippen molar-refractivity contribution in [1.29, 1.82) is 0 Å². The Balaban J connectivity index is 1.54. The topological polar surface area (TPSA) is 79.8 Å². The maximum absolute atomic E-state index is 12.5. The molecule has 0 heterocycles. The van der Waals surface area contributed by atoms with Crippen molar-refractivity contribution in [2.45, 2.75) is 33.1 Å². The van der Waals surface area contributed by atoms with Gasteiger partial charge < -0.3 is 10.1 Å². The number of hydrogen-bond acceptors (Lipinski definition) is 4. The van der Waals surface area contributed by atoms with Gasteiger partial charge in [0.2, 0.25) is 0 Å². The number of carbonyl (C=O) groups excluding carboxylic acids is 2. The summed E-state index contributed by atoms with van der Waals surface area (Å²) in [4.78, 5) is 24.8. The summed E-state index contributed by atoms with van der Waals surface area (Å²) in [5, 5.41) is 6.84. The third-order valence-electron chi connectivity index (χ3n) is 4.99. The molecule has 2 amide bonds. The molecule has 0 unspecified atom stereocenters. The second kappa shape index (κ2) is 10.6. The highest BCUT2D eigenvalue weighted by Gasteiger charge is 2.14. The maximum Gasteiger partial charge on any atom is 0.271 e. The minimum Gasteiger partial charge on any atom is -0.494 e. The molecule has 0 aliphatic rings. The predicted molar refractivity (Wildman–Crippen MR) is 132 cm³/mol. The van der Waals surface area contributed by atoms with Crippen LogP contribution in [-0.2, 0) is 5.41 Å². The Bertz CT molecular complexity index is 1110. The number of anilines is 1. The lowest BCUT2D eigenvalue weighted by Crippen LogP contribution is -2.18. The second-order valence-electron chi connectivity index (χ2n) is 8.56. The highest BCUT2D eigenvalue weighted by molar-refractivity contribution is 6.04. The molecule has 3 aromatic carbocycles. The van der Waals surface area contributed by atoms with Gasteiger partial charge in [-0.25, -0.2) is 5.43 Å². The van der Waals surface area contributed by atoms with Gasteiger partial charge in [-0.3, -0.25) is 9.59 Å². The van der Waals surface area contributed by atoms with Crippen LogP contribution in [0.4, 0.5) is 5.69 Å². The molecule has 170 valence electrons. The van der Waals surface area contributed by atoms with E-state index in [1.807, 2.05) is 55.5 Å². The summed E-state index contributed by atoms with van der Waals surface area (Å²) in [5.74, 6) is 0.244. The molecule has 0 spiro atoms. The van der Waals surface area contributed by atoms with Crippen molar-refractivity contribution < 1.29 is 14.3 Å². The molecule has 0 fully saturated rings. The lowest BCUT2D eigenvalue weighted by atomic mass is 9.87. The van der Waals surface area contributed by atoms with Crippen LogP contribution < -0.4 is 15.5 Å². The van der Waals surface area contributed by atoms with Gasteiger partial charge >= 0.3 is 0 Å². The minimum absolute atomic E-state index is 0.0314. The molecule has 0 saturated carbocycles. The molecular weight excluding hydrogens is 414 g/mol. The van der Waals surface area contributed by atoms with E-state index in [2.05, 4.69) is 36.6 Å². The molecule has 2 N–H and O–H groups in total. The van der Waals surface area contributed by atoms with Gasteiger partial charge in [0.15, 0.2) is 0 Å². The number of hydrogen-bond donors (Lipinski definition) is 2. The Morgan fingerprint density at radius 2 is 1.42 bits per heavy atom. The molecule has 0 aromatic heterocycles. The van der Waals surface area contributed by atoms with Gasteiger partial charge in [-0.1, -0.05) is 32.9 Å². The average molecular weight is 444 g/mol. The predicted octanol–water partition coefficient (Wildman–Crippen LogP) is 5.40. The van der Waals surface area contributed by atoms with Crippen molar-refractivity contribution in [2.24, 2.45) is 5.10 Å². The number of nitrogens with one attached hydrogen (secondary N) is 2. The Labute approximate surface area is 194 Å². The number of ether oxygens (including phenoxy) is 1. The number of nitrogens with zero attached hydrogens (tertiary/aromatic N) is 1. The number of benzene rings is 3. The largest absolute Gasteiger partial charge is 0.494 e. The zero-order valence-electron chi connectivity index (χ0n) is 19.4. The number of carbonyl (C=O) groups is 2. The first-order chi connectivity index (χ1) is 15.8. The lowest BCUT2D eigenvalue weighted by molar-refractivity contribution is 0.0954. The van der Waals surface area contributed by atoms with Crippen LogP contribution in [0.15, 0.2) is 77.9 Å². The van der Waals surface area contributed by atoms with Crippen molar-refractivity contribution in [3.05, 3.63) is 95.1 Å². The molecule has 3 rings (SSSR count). The Kier molecular flexibility index (Phi) is 7.61. The first kappa shape index (κ1) is 23.7. The normalized spacial score (nSPS) is 11.3. The van der Waals surface area contributed by atoms with E-state index >= 15 is 0 Å². The van der Waals surface area contributed by atoms with Crippen LogP contribution in [0.25, 0.3) is 0 Å². The van der Waals surface area contributed by atoms with Gasteiger partial charge in [-0.2, -0.15) is 5.10 Å². The van der Waals surface area contributed by atoms with E-state index in [0.29, 0.717) is 23.4 Å². The van der Waals surface area contributed by atoms with E-state index in [1.165, 1.54) is 5.56 Å². The van der Waals surface area contributed by atoms with Gasteiger partial charge in [0.25, 0.3) is 11.8 Å². The van der Waals surface area contributed by atoms with Crippen LogP contribution in [-0.4, -0.2) is 24.6 Å². The van der Waals surface area contributed by atoms with Gasteiger partial charge in [0, 0.05) is 16.8 Å². The summed E-state index contributed by atoms with van der Waals surface area (Å²) in [6.07, 6.45) is 1.56. The molecule has 0 saturated heterocycles. The van der Waals surface area contributed by atoms with Crippen molar-refractivity contribution in [2.75, 3.05) is 11.9 Å². The molecule has 0 aliphatic heterocycles. The fourth-order valence-electron chi connectivity index (χ4n) is 3.08. The molecule has 33 heavy (non-hydrogen) atoms. The highest BCUT2D eigenvalue weighted by atomic mass is 16.5. The minimum atomic E-state index is -0.340. The van der Waals surface area contributed by atoms with Gasteiger partial charge in [-0.15, -0.1) is 0 Å². The summed E-state index contributed by atoms with van der Waals surface area (Å²) in [7, 11) is 0. The number of rotatable bonds is 7. The van der Waals surface area contributed by atoms with Gasteiger partial charge in [0.1, 0.15) is 5.75 Å². The van der Waals surface area contributed by atoms with Gasteiger partial charge in [0.05, 0.1) is 12.8 Å². The summed E-state index contributed by atoms with van der Waals surface area (Å²) in [6.45, 7) is 8.93. The summed E-state index contributed by atoms with van der Waals surface area (Å²) in [6, 6.07) is 21.6. The highest BCUT2D eigenvalue weighted by Crippen LogP contribution is 2.22. The Morgan fingerprint density at radius 3 is 2.00 bits per heavy atom. The Morgan fingerprint density at radius 1 is 0.848 bits per heavy atom. The van der Waals surface area contributed by atoms with E-state index in [0.717, 1.165) is 11.3 Å². The third-order valence-corrected chi connectivity index (χ3v) is 4.99. The second-order valence-corrected chi connectivity index (χ2v) is 8.56. The van der Waals surface area contributed by atoms with Crippen molar-refractivity contribution in [3.63, 3.8) is 0 Å². The fourth-order valence-corrected chi connectivity index (χ4v) is 3.08. The zero-order valence-corrected chi connectivity index (χ0v) is 19.4. The molecule has 6 nitrogen and oxygen atoms in total. The molecule has 0 atom stereocenters. The van der Waals surface area contributed by atoms with Crippen LogP contribution in [0, 0.1) is 0 Å². The first-order valence-electron chi connectivity index (χ1n) is 10.8. The van der Waals surface area contributed by atoms with E-state index in [9.17, 15) is 9.59 Å². The summed E-state index contributed by atoms with van der Waals surface area (Å²) >= 11 is 0. The summed E-state index contributed by atoms with van der Waals surface area (Å²) < 4.78 is 5.40. The molecule has 3 aromatic rings. The van der Waals surface area contributed by atoms with Crippen LogP contribution in [0.1, 0.15) is 59.5 Å². The SMILES string of the molecule is CCOc1ccc(/C=N/NC(=O)c2ccc(NC(=O)c3ccc(C(C)(C)C)cc3)cc2)cc1. The third kappa shape index (κ3) is 6.77. The van der Waals surface area contributed by atoms with E-state index < -0.39 is 0 Å². The Hall–Kier alpha value is -3.93. The molecule has 6 heteroatoms. The molecule has 0 aliphatic carbocycles. The molecule has 0 bridgehead atoms. The first-order valence-corrected chi connectivity index (χ1v) is 10.8. The summed E-state index contributed by atoms with van der Waals surface area (Å²) in [5.41, 5.74) is 6.16. The van der Waals surface area contributed by atoms with E-state index in [-0.39, 0.29) is 17.2 Å². The smallest absolute Gasteiger partial charge is 0.271 e. The van der Waals surface area contributed by atoms with Crippen LogP contribution in [0.3, 0.4) is 0 Å². The number of amides is 2. The van der Waals surface area contributed by atoms with E-state index in [1.54, 1.807) is 30.5 Å². The number of hydrazone groups is 1. The van der Waals surface area contributed by atoms with Crippen LogP contribution in [0.5, 0.6) is 5.75 Å². The monoisotopic (exact) mass is 443 g/mol. The fraction of sp³-hybridized carbons (Fsp3) is 0.222. The lowest BCUT2D eigenvalue weighted by Gasteiger charge is -2.19. The zero-order chi connectivity index (χ0) is 23.8. The molecular formula is C27H29N3O3. The van der Waals surface area contributed by atoms with Crippen molar-refractivity contribution in [3.8, 4) is 5.75 Å². The van der Waals surface area contributed by atoms with Crippen LogP contribution in [0.2, 0.25) is 0 Å². The van der Waals surface area contributed by atoms with Crippen molar-refractivity contribution in [1.82, 2.24) is 5.43 Å². The van der Waals surface area contributed by atoms with Crippen molar-refractivity contribution >= 4 is 23.7 Å². The quantitative estimate of drug-likeness (QED) is 0.379. The average Bonchev–Trinajstić information content (AvgIpc) is 2.80. The van der Waals surface area contributed by atoms with E-state index in [4.69, 9.17) is 4.74 Å². The maximum atomic E-state index is 12.5. The standard InChI is InChI=1S/C27H29N3O3/c1-5-33-24-16-6-19(7-17-24)18-28-30-26(32)21-10-14-23(15-11-21)29-25(31)20-8-12-22(13-9-20)27(2,3)4/h6-18H,5H2,1-4H3,(H,29,31)(H,30,32)/b28-18+. The van der Waals surface area contributed by atoms with Gasteiger partial charge in [-0.05, 0) is 84.1 Å².